The first-order valence-corrected chi connectivity index (χ1v) is 5.67. The number of nitrogens with zero attached hydrogens (tertiary/aromatic N) is 1. The second-order valence-corrected chi connectivity index (χ2v) is 4.29. The van der Waals surface area contributed by atoms with Gasteiger partial charge in [0.1, 0.15) is 0 Å². The molecule has 0 unspecified atom stereocenters. The highest BCUT2D eigenvalue weighted by Gasteiger charge is 2.02. The zero-order valence-corrected chi connectivity index (χ0v) is 10.3. The lowest BCUT2D eigenvalue weighted by Crippen LogP contribution is -1.91. The molecule has 17 heavy (non-hydrogen) atoms. The summed E-state index contributed by atoms with van der Waals surface area (Å²) in [7, 11) is 0. The summed E-state index contributed by atoms with van der Waals surface area (Å²) in [5.74, 6) is 0. The number of nitrogens with one attached hydrogen (secondary N) is 1. The van der Waals surface area contributed by atoms with Crippen molar-refractivity contribution in [3.63, 3.8) is 0 Å². The maximum atomic E-state index is 8.80. The van der Waals surface area contributed by atoms with Crippen LogP contribution in [0.1, 0.15) is 5.56 Å². The zero-order chi connectivity index (χ0) is 12.3. The lowest BCUT2D eigenvalue weighted by Gasteiger charge is -2.08. The molecule has 0 heterocycles. The molecule has 0 aromatic heterocycles. The molecule has 2 rings (SSSR count). The van der Waals surface area contributed by atoms with Crippen molar-refractivity contribution in [2.45, 2.75) is 0 Å². The number of hydrogen-bond donors (Lipinski definition) is 1. The van der Waals surface area contributed by atoms with Crippen LogP contribution >= 0.6 is 23.2 Å². The molecule has 0 saturated carbocycles. The molecule has 2 nitrogen and oxygen atoms in total. The Labute approximate surface area is 109 Å². The van der Waals surface area contributed by atoms with Crippen LogP contribution in [0.25, 0.3) is 0 Å². The van der Waals surface area contributed by atoms with Gasteiger partial charge in [-0.2, -0.15) is 5.26 Å². The van der Waals surface area contributed by atoms with Crippen molar-refractivity contribution in [2.75, 3.05) is 5.32 Å². The SMILES string of the molecule is N#Cc1cccc(Nc2ccc(Cl)cc2Cl)c1. The highest BCUT2D eigenvalue weighted by Crippen LogP contribution is 2.28. The zero-order valence-electron chi connectivity index (χ0n) is 8.74. The van der Waals surface area contributed by atoms with Crippen LogP contribution in [-0.4, -0.2) is 0 Å². The Hall–Kier alpha value is -1.69. The van der Waals surface area contributed by atoms with Crippen molar-refractivity contribution in [1.29, 1.82) is 5.26 Å². The molecule has 2 aromatic rings. The summed E-state index contributed by atoms with van der Waals surface area (Å²) in [6.45, 7) is 0. The van der Waals surface area contributed by atoms with Crippen molar-refractivity contribution in [2.24, 2.45) is 0 Å². The smallest absolute Gasteiger partial charge is 0.0992 e. The minimum Gasteiger partial charge on any atom is -0.354 e. The van der Waals surface area contributed by atoms with E-state index in [1.165, 1.54) is 0 Å². The third-order valence-electron chi connectivity index (χ3n) is 2.20. The number of hydrogen-bond acceptors (Lipinski definition) is 2. The van der Waals surface area contributed by atoms with E-state index in [9.17, 15) is 0 Å². The van der Waals surface area contributed by atoms with Crippen LogP contribution in [0.5, 0.6) is 0 Å². The van der Waals surface area contributed by atoms with Crippen molar-refractivity contribution in [1.82, 2.24) is 0 Å². The van der Waals surface area contributed by atoms with Crippen molar-refractivity contribution >= 4 is 34.6 Å². The van der Waals surface area contributed by atoms with Gasteiger partial charge in [0, 0.05) is 10.7 Å². The molecule has 0 atom stereocenters. The fourth-order valence-electron chi connectivity index (χ4n) is 1.41. The van der Waals surface area contributed by atoms with Gasteiger partial charge in [-0.15, -0.1) is 0 Å². The van der Waals surface area contributed by atoms with Crippen LogP contribution in [0, 0.1) is 11.3 Å². The van der Waals surface area contributed by atoms with Crippen LogP contribution in [0.15, 0.2) is 42.5 Å². The van der Waals surface area contributed by atoms with Crippen LogP contribution < -0.4 is 5.32 Å². The highest BCUT2D eigenvalue weighted by molar-refractivity contribution is 6.36. The lowest BCUT2D eigenvalue weighted by molar-refractivity contribution is 1.47. The predicted octanol–water partition coefficient (Wildman–Crippen LogP) is 4.61. The highest BCUT2D eigenvalue weighted by atomic mass is 35.5. The van der Waals surface area contributed by atoms with Gasteiger partial charge >= 0.3 is 0 Å². The summed E-state index contributed by atoms with van der Waals surface area (Å²) in [5.41, 5.74) is 2.17. The van der Waals surface area contributed by atoms with E-state index in [0.717, 1.165) is 11.4 Å². The Balaban J connectivity index is 2.28. The molecule has 0 aliphatic heterocycles. The summed E-state index contributed by atoms with van der Waals surface area (Å²) in [6, 6.07) is 14.5. The monoisotopic (exact) mass is 262 g/mol. The number of rotatable bonds is 2. The van der Waals surface area contributed by atoms with E-state index >= 15 is 0 Å². The molecule has 0 aliphatic rings. The first-order chi connectivity index (χ1) is 8.19. The van der Waals surface area contributed by atoms with Crippen LogP contribution in [0.3, 0.4) is 0 Å². The third-order valence-corrected chi connectivity index (χ3v) is 2.75. The van der Waals surface area contributed by atoms with E-state index in [1.807, 2.05) is 12.1 Å². The summed E-state index contributed by atoms with van der Waals surface area (Å²) >= 11 is 11.9. The van der Waals surface area contributed by atoms with Crippen LogP contribution in [0.2, 0.25) is 10.0 Å². The van der Waals surface area contributed by atoms with E-state index in [1.54, 1.807) is 30.3 Å². The lowest BCUT2D eigenvalue weighted by atomic mass is 10.2. The third kappa shape index (κ3) is 2.91. The normalized spacial score (nSPS) is 9.71. The number of nitriles is 1. The van der Waals surface area contributed by atoms with E-state index in [-0.39, 0.29) is 0 Å². The van der Waals surface area contributed by atoms with E-state index < -0.39 is 0 Å². The van der Waals surface area contributed by atoms with Crippen molar-refractivity contribution in [3.8, 4) is 6.07 Å². The molecule has 0 saturated heterocycles. The van der Waals surface area contributed by atoms with E-state index in [4.69, 9.17) is 28.5 Å². The van der Waals surface area contributed by atoms with Gasteiger partial charge in [0.25, 0.3) is 0 Å². The topological polar surface area (TPSA) is 35.8 Å². The second-order valence-electron chi connectivity index (χ2n) is 3.44. The van der Waals surface area contributed by atoms with Crippen LogP contribution in [0.4, 0.5) is 11.4 Å². The van der Waals surface area contributed by atoms with Gasteiger partial charge in [0.05, 0.1) is 22.3 Å². The standard InChI is InChI=1S/C13H8Cl2N2/c14-10-4-5-13(12(15)7-10)17-11-3-1-2-9(6-11)8-16/h1-7,17H. The minimum atomic E-state index is 0.542. The largest absolute Gasteiger partial charge is 0.354 e. The maximum Gasteiger partial charge on any atom is 0.0992 e. The summed E-state index contributed by atoms with van der Waals surface area (Å²) in [4.78, 5) is 0. The average Bonchev–Trinajstić information content (AvgIpc) is 2.33. The van der Waals surface area contributed by atoms with Gasteiger partial charge < -0.3 is 5.32 Å². The van der Waals surface area contributed by atoms with Gasteiger partial charge in [0.15, 0.2) is 0 Å². The molecule has 0 fully saturated rings. The quantitative estimate of drug-likeness (QED) is 0.858. The predicted molar refractivity (Wildman–Crippen MR) is 70.9 cm³/mol. The summed E-state index contributed by atoms with van der Waals surface area (Å²) in [5, 5.41) is 13.1. The van der Waals surface area contributed by atoms with Gasteiger partial charge in [-0.05, 0) is 36.4 Å². The average molecular weight is 263 g/mol. The molecular weight excluding hydrogens is 255 g/mol. The van der Waals surface area contributed by atoms with Gasteiger partial charge in [-0.1, -0.05) is 29.3 Å². The molecule has 2 aromatic carbocycles. The Bertz CT molecular complexity index is 588. The fraction of sp³-hybridized carbons (Fsp3) is 0. The van der Waals surface area contributed by atoms with E-state index in [2.05, 4.69) is 11.4 Å². The van der Waals surface area contributed by atoms with Gasteiger partial charge in [-0.25, -0.2) is 0 Å². The molecule has 1 N–H and O–H groups in total. The molecule has 0 aliphatic carbocycles. The first-order valence-electron chi connectivity index (χ1n) is 4.91. The Morgan fingerprint density at radius 1 is 1.06 bits per heavy atom. The molecular formula is C13H8Cl2N2. The fourth-order valence-corrected chi connectivity index (χ4v) is 1.87. The summed E-state index contributed by atoms with van der Waals surface area (Å²) < 4.78 is 0. The Morgan fingerprint density at radius 3 is 2.59 bits per heavy atom. The molecule has 0 amide bonds. The van der Waals surface area contributed by atoms with Crippen molar-refractivity contribution in [3.05, 3.63) is 58.1 Å². The molecule has 4 heteroatoms. The maximum absolute atomic E-state index is 8.80. The first kappa shape index (κ1) is 11.8. The molecule has 0 spiro atoms. The summed E-state index contributed by atoms with van der Waals surface area (Å²) in [6.07, 6.45) is 0. The van der Waals surface area contributed by atoms with Gasteiger partial charge in [0.2, 0.25) is 0 Å². The van der Waals surface area contributed by atoms with Crippen LogP contribution in [-0.2, 0) is 0 Å². The minimum absolute atomic E-state index is 0.542. The number of anilines is 2. The molecule has 84 valence electrons. The van der Waals surface area contributed by atoms with Gasteiger partial charge in [-0.3, -0.25) is 0 Å². The van der Waals surface area contributed by atoms with Crippen molar-refractivity contribution < 1.29 is 0 Å². The molecule has 0 bridgehead atoms. The van der Waals surface area contributed by atoms with E-state index in [0.29, 0.717) is 15.6 Å². The molecule has 0 radical (unpaired) electrons. The number of benzene rings is 2. The Kier molecular flexibility index (Phi) is 3.53. The number of halogens is 2. The Morgan fingerprint density at radius 2 is 1.88 bits per heavy atom. The second kappa shape index (κ2) is 5.09.